The van der Waals surface area contributed by atoms with Crippen molar-refractivity contribution in [2.45, 2.75) is 0 Å². The Morgan fingerprint density at radius 2 is 1.94 bits per heavy atom. The minimum Gasteiger partial charge on any atom is -0.497 e. The molecule has 3 rings (SSSR count). The molecule has 17 heavy (non-hydrogen) atoms. The Morgan fingerprint density at radius 3 is 2.53 bits per heavy atom. The van der Waals surface area contributed by atoms with Crippen LogP contribution in [0.2, 0.25) is 0 Å². The maximum atomic E-state index is 5.08. The first-order chi connectivity index (χ1) is 8.40. The molecule has 0 bridgehead atoms. The van der Waals surface area contributed by atoms with E-state index in [2.05, 4.69) is 15.0 Å². The number of hydrogen-bond acceptors (Lipinski definition) is 3. The highest BCUT2D eigenvalue weighted by molar-refractivity contribution is 5.80. The molecule has 0 aliphatic rings. The minimum absolute atomic E-state index is 0.900. The van der Waals surface area contributed by atoms with Crippen LogP contribution in [0.15, 0.2) is 55.2 Å². The second-order valence-electron chi connectivity index (χ2n) is 3.34. The number of rotatable bonds is 1. The summed E-state index contributed by atoms with van der Waals surface area (Å²) in [5.41, 5.74) is 1.14. The van der Waals surface area contributed by atoms with Gasteiger partial charge in [0, 0.05) is 29.5 Å². The zero-order valence-electron chi connectivity index (χ0n) is 9.50. The lowest BCUT2D eigenvalue weighted by Gasteiger charge is -1.97. The maximum absolute atomic E-state index is 5.08. The Hall–Kier alpha value is -2.36. The molecule has 0 saturated carbocycles. The number of hydrogen-bond donors (Lipinski definition) is 1. The van der Waals surface area contributed by atoms with E-state index in [1.54, 1.807) is 25.6 Å². The van der Waals surface area contributed by atoms with Crippen molar-refractivity contribution < 1.29 is 4.74 Å². The Labute approximate surface area is 99.3 Å². The summed E-state index contributed by atoms with van der Waals surface area (Å²) < 4.78 is 5.08. The fourth-order valence-corrected chi connectivity index (χ4v) is 1.41. The van der Waals surface area contributed by atoms with Crippen LogP contribution in [-0.2, 0) is 0 Å². The lowest BCUT2D eigenvalue weighted by Crippen LogP contribution is -1.80. The number of benzene rings is 1. The third-order valence-corrected chi connectivity index (χ3v) is 2.24. The van der Waals surface area contributed by atoms with Crippen molar-refractivity contribution in [2.75, 3.05) is 7.11 Å². The number of H-pyrrole nitrogens is 1. The molecule has 0 aliphatic heterocycles. The van der Waals surface area contributed by atoms with E-state index in [0.717, 1.165) is 11.3 Å². The molecule has 0 spiro atoms. The number of ether oxygens (including phenoxy) is 1. The topological polar surface area (TPSA) is 50.8 Å². The Morgan fingerprint density at radius 1 is 1.12 bits per heavy atom. The number of aromatic amines is 1. The summed E-state index contributed by atoms with van der Waals surface area (Å²) in [7, 11) is 1.67. The van der Waals surface area contributed by atoms with Crippen LogP contribution in [0.1, 0.15) is 0 Å². The summed E-state index contributed by atoms with van der Waals surface area (Å²) in [6, 6.07) is 9.76. The first kappa shape index (κ1) is 11.1. The summed E-state index contributed by atoms with van der Waals surface area (Å²) in [6.07, 6.45) is 6.80. The molecule has 0 fully saturated rings. The zero-order valence-corrected chi connectivity index (χ0v) is 9.50. The van der Waals surface area contributed by atoms with Crippen molar-refractivity contribution in [1.82, 2.24) is 15.0 Å². The van der Waals surface area contributed by atoms with Gasteiger partial charge in [-0.25, -0.2) is 9.97 Å². The first-order valence-corrected chi connectivity index (χ1v) is 5.21. The SMILES string of the molecule is COc1ccc2[nH]ccc2c1.c1cncnc1. The maximum Gasteiger partial charge on any atom is 0.119 e. The summed E-state index contributed by atoms with van der Waals surface area (Å²) in [5, 5.41) is 1.18. The van der Waals surface area contributed by atoms with Gasteiger partial charge in [0.05, 0.1) is 7.11 Å². The monoisotopic (exact) mass is 227 g/mol. The van der Waals surface area contributed by atoms with Crippen LogP contribution >= 0.6 is 0 Å². The van der Waals surface area contributed by atoms with Crippen molar-refractivity contribution in [3.63, 3.8) is 0 Å². The molecule has 4 nitrogen and oxygen atoms in total. The van der Waals surface area contributed by atoms with Crippen LogP contribution in [0, 0.1) is 0 Å². The van der Waals surface area contributed by atoms with E-state index in [1.165, 1.54) is 11.7 Å². The van der Waals surface area contributed by atoms with Crippen molar-refractivity contribution in [2.24, 2.45) is 0 Å². The molecule has 1 aromatic carbocycles. The fraction of sp³-hybridized carbons (Fsp3) is 0.0769. The van der Waals surface area contributed by atoms with Gasteiger partial charge < -0.3 is 9.72 Å². The Kier molecular flexibility index (Phi) is 3.70. The van der Waals surface area contributed by atoms with Crippen LogP contribution in [-0.4, -0.2) is 22.1 Å². The first-order valence-electron chi connectivity index (χ1n) is 5.21. The third-order valence-electron chi connectivity index (χ3n) is 2.24. The van der Waals surface area contributed by atoms with Gasteiger partial charge in [0.25, 0.3) is 0 Å². The van der Waals surface area contributed by atoms with Gasteiger partial charge in [0.2, 0.25) is 0 Å². The lowest BCUT2D eigenvalue weighted by molar-refractivity contribution is 0.415. The number of nitrogens with zero attached hydrogens (tertiary/aromatic N) is 2. The Bertz CT molecular complexity index is 536. The van der Waals surface area contributed by atoms with Crippen molar-refractivity contribution in [3.05, 3.63) is 55.2 Å². The predicted molar refractivity (Wildman–Crippen MR) is 66.9 cm³/mol. The van der Waals surface area contributed by atoms with Crippen LogP contribution in [0.25, 0.3) is 10.9 Å². The van der Waals surface area contributed by atoms with E-state index in [-0.39, 0.29) is 0 Å². The molecule has 86 valence electrons. The van der Waals surface area contributed by atoms with Gasteiger partial charge in [-0.3, -0.25) is 0 Å². The molecule has 0 atom stereocenters. The molecule has 0 aliphatic carbocycles. The second-order valence-corrected chi connectivity index (χ2v) is 3.34. The average molecular weight is 227 g/mol. The van der Waals surface area contributed by atoms with Crippen molar-refractivity contribution in [1.29, 1.82) is 0 Å². The molecule has 2 heterocycles. The largest absolute Gasteiger partial charge is 0.497 e. The number of aromatic nitrogens is 3. The number of methoxy groups -OCH3 is 1. The van der Waals surface area contributed by atoms with E-state index in [1.807, 2.05) is 30.5 Å². The standard InChI is InChI=1S/C9H9NO.C4H4N2/c1-11-8-2-3-9-7(6-8)4-5-10-9;1-2-5-4-6-3-1/h2-6,10H,1H3;1-4H. The molecular formula is C13H13N3O. The summed E-state index contributed by atoms with van der Waals surface area (Å²) in [4.78, 5) is 10.5. The van der Waals surface area contributed by atoms with E-state index in [0.29, 0.717) is 0 Å². The fourth-order valence-electron chi connectivity index (χ4n) is 1.41. The molecule has 0 radical (unpaired) electrons. The van der Waals surface area contributed by atoms with Crippen LogP contribution in [0.5, 0.6) is 5.75 Å². The van der Waals surface area contributed by atoms with E-state index in [9.17, 15) is 0 Å². The highest BCUT2D eigenvalue weighted by atomic mass is 16.5. The van der Waals surface area contributed by atoms with Gasteiger partial charge in [-0.2, -0.15) is 0 Å². The molecule has 2 aromatic heterocycles. The smallest absolute Gasteiger partial charge is 0.119 e. The van der Waals surface area contributed by atoms with Crippen LogP contribution in [0.4, 0.5) is 0 Å². The van der Waals surface area contributed by atoms with Gasteiger partial charge in [-0.1, -0.05) is 0 Å². The van der Waals surface area contributed by atoms with E-state index in [4.69, 9.17) is 4.74 Å². The van der Waals surface area contributed by atoms with Gasteiger partial charge in [0.15, 0.2) is 0 Å². The van der Waals surface area contributed by atoms with Gasteiger partial charge >= 0.3 is 0 Å². The Balaban J connectivity index is 0.000000153. The summed E-state index contributed by atoms with van der Waals surface area (Å²) >= 11 is 0. The molecule has 4 heteroatoms. The van der Waals surface area contributed by atoms with E-state index < -0.39 is 0 Å². The molecule has 0 amide bonds. The molecule has 0 unspecified atom stereocenters. The molecule has 1 N–H and O–H groups in total. The van der Waals surface area contributed by atoms with Crippen molar-refractivity contribution in [3.8, 4) is 5.75 Å². The van der Waals surface area contributed by atoms with Gasteiger partial charge in [-0.05, 0) is 30.3 Å². The number of nitrogens with one attached hydrogen (secondary N) is 1. The highest BCUT2D eigenvalue weighted by Gasteiger charge is 1.94. The zero-order chi connectivity index (χ0) is 11.9. The second kappa shape index (κ2) is 5.65. The highest BCUT2D eigenvalue weighted by Crippen LogP contribution is 2.18. The number of fused-ring (bicyclic) bond motifs is 1. The molecular weight excluding hydrogens is 214 g/mol. The van der Waals surface area contributed by atoms with E-state index >= 15 is 0 Å². The van der Waals surface area contributed by atoms with Crippen molar-refractivity contribution >= 4 is 10.9 Å². The third kappa shape index (κ3) is 3.04. The van der Waals surface area contributed by atoms with Crippen LogP contribution < -0.4 is 4.74 Å². The average Bonchev–Trinajstić information content (AvgIpc) is 2.88. The summed E-state index contributed by atoms with van der Waals surface area (Å²) in [5.74, 6) is 0.900. The molecule has 0 saturated heterocycles. The quantitative estimate of drug-likeness (QED) is 0.695. The predicted octanol–water partition coefficient (Wildman–Crippen LogP) is 2.65. The minimum atomic E-state index is 0.900. The van der Waals surface area contributed by atoms with Gasteiger partial charge in [0.1, 0.15) is 12.1 Å². The van der Waals surface area contributed by atoms with Crippen LogP contribution in [0.3, 0.4) is 0 Å². The molecule has 3 aromatic rings. The lowest BCUT2D eigenvalue weighted by atomic mass is 10.2. The van der Waals surface area contributed by atoms with Gasteiger partial charge in [-0.15, -0.1) is 0 Å². The normalized spacial score (nSPS) is 9.47. The summed E-state index contributed by atoms with van der Waals surface area (Å²) in [6.45, 7) is 0.